The van der Waals surface area contributed by atoms with Crippen LogP contribution in [0.25, 0.3) is 10.1 Å². The van der Waals surface area contributed by atoms with Gasteiger partial charge in [0.2, 0.25) is 0 Å². The number of phenolic OH excluding ortho intramolecular Hbond substituents is 1. The van der Waals surface area contributed by atoms with Crippen molar-refractivity contribution in [2.24, 2.45) is 0 Å². The van der Waals surface area contributed by atoms with Gasteiger partial charge in [-0.15, -0.1) is 11.3 Å². The minimum atomic E-state index is -4.74. The summed E-state index contributed by atoms with van der Waals surface area (Å²) in [6, 6.07) is 10.8. The van der Waals surface area contributed by atoms with Crippen LogP contribution in [0.4, 0.5) is 13.2 Å². The molecule has 44 heavy (non-hydrogen) atoms. The minimum absolute atomic E-state index is 0.0844. The van der Waals surface area contributed by atoms with Gasteiger partial charge in [0, 0.05) is 21.6 Å². The first-order chi connectivity index (χ1) is 20.7. The molecule has 2 aliphatic rings. The van der Waals surface area contributed by atoms with Crippen LogP contribution in [0, 0.1) is 0 Å². The molecule has 3 aromatic rings. The molecule has 5 rings (SSSR count). The molecule has 244 valence electrons. The van der Waals surface area contributed by atoms with E-state index in [1.165, 1.54) is 11.3 Å². The van der Waals surface area contributed by atoms with Gasteiger partial charge in [-0.1, -0.05) is 18.2 Å². The Morgan fingerprint density at radius 2 is 1.36 bits per heavy atom. The van der Waals surface area contributed by atoms with E-state index in [1.807, 2.05) is 24.3 Å². The molecular formula is C29H35F3O11S. The lowest BCUT2D eigenvalue weighted by Crippen LogP contribution is -2.57. The monoisotopic (exact) mass is 648 g/mol. The van der Waals surface area contributed by atoms with Crippen LogP contribution in [-0.4, -0.2) is 114 Å². The summed E-state index contributed by atoms with van der Waals surface area (Å²) in [4.78, 5) is 0.669. The Labute approximate surface area is 253 Å². The summed E-state index contributed by atoms with van der Waals surface area (Å²) in [7, 11) is 0. The second kappa shape index (κ2) is 13.9. The maximum absolute atomic E-state index is 13.7. The molecule has 2 fully saturated rings. The predicted octanol–water partition coefficient (Wildman–Crippen LogP) is 0.580. The highest BCUT2D eigenvalue weighted by Gasteiger charge is 2.46. The highest BCUT2D eigenvalue weighted by molar-refractivity contribution is 7.19. The number of phenols is 1. The number of hydrogen-bond acceptors (Lipinski definition) is 12. The van der Waals surface area contributed by atoms with Crippen LogP contribution in [-0.2, 0) is 22.1 Å². The van der Waals surface area contributed by atoms with Crippen molar-refractivity contribution in [2.45, 2.75) is 80.6 Å². The molecule has 3 heterocycles. The Kier molecular flexibility index (Phi) is 10.9. The van der Waals surface area contributed by atoms with Crippen molar-refractivity contribution in [2.75, 3.05) is 13.2 Å². The summed E-state index contributed by atoms with van der Waals surface area (Å²) >= 11 is 1.35. The Balaban J connectivity index is 0.000000309. The average molecular weight is 649 g/mol. The van der Waals surface area contributed by atoms with Crippen molar-refractivity contribution in [3.8, 4) is 5.75 Å². The number of fused-ring (bicyclic) bond motifs is 1. The van der Waals surface area contributed by atoms with Crippen LogP contribution in [0.3, 0.4) is 0 Å². The zero-order valence-corrected chi connectivity index (χ0v) is 24.1. The van der Waals surface area contributed by atoms with E-state index < -0.39 is 85.1 Å². The molecule has 0 amide bonds. The number of thiophene rings is 1. The van der Waals surface area contributed by atoms with Gasteiger partial charge >= 0.3 is 6.18 Å². The van der Waals surface area contributed by atoms with Gasteiger partial charge in [-0.05, 0) is 42.1 Å². The molecule has 0 radical (unpaired) electrons. The summed E-state index contributed by atoms with van der Waals surface area (Å²) in [5, 5.41) is 87.4. The van der Waals surface area contributed by atoms with Crippen molar-refractivity contribution in [3.05, 3.63) is 64.0 Å². The molecule has 2 aromatic carbocycles. The number of alkyl halides is 3. The Hall–Kier alpha value is -2.41. The molecule has 9 N–H and O–H groups in total. The van der Waals surface area contributed by atoms with Crippen molar-refractivity contribution >= 4 is 21.4 Å². The third kappa shape index (κ3) is 7.18. The van der Waals surface area contributed by atoms with E-state index in [1.54, 1.807) is 13.0 Å². The van der Waals surface area contributed by atoms with Crippen LogP contribution in [0.2, 0.25) is 0 Å². The van der Waals surface area contributed by atoms with E-state index in [0.29, 0.717) is 10.9 Å². The van der Waals surface area contributed by atoms with Crippen molar-refractivity contribution < 1.29 is 68.6 Å². The molecule has 0 saturated carbocycles. The van der Waals surface area contributed by atoms with E-state index in [0.717, 1.165) is 16.2 Å². The fourth-order valence-corrected chi connectivity index (χ4v) is 6.34. The second-order valence-corrected chi connectivity index (χ2v) is 11.9. The number of halogens is 3. The van der Waals surface area contributed by atoms with Crippen LogP contribution < -0.4 is 0 Å². The molecule has 11 nitrogen and oxygen atoms in total. The van der Waals surface area contributed by atoms with E-state index in [9.17, 15) is 54.0 Å². The number of rotatable bonds is 5. The van der Waals surface area contributed by atoms with Gasteiger partial charge in [-0.25, -0.2) is 0 Å². The van der Waals surface area contributed by atoms with Gasteiger partial charge < -0.3 is 55.4 Å². The normalized spacial score (nSPS) is 32.7. The van der Waals surface area contributed by atoms with Gasteiger partial charge in [0.15, 0.2) is 0 Å². The van der Waals surface area contributed by atoms with Gasteiger partial charge in [-0.2, -0.15) is 13.2 Å². The van der Waals surface area contributed by atoms with E-state index in [4.69, 9.17) is 14.6 Å². The molecule has 0 spiro atoms. The first-order valence-corrected chi connectivity index (χ1v) is 14.5. The van der Waals surface area contributed by atoms with E-state index >= 15 is 0 Å². The number of benzene rings is 2. The molecule has 10 atom stereocenters. The number of hydrogen-bond donors (Lipinski definition) is 9. The lowest BCUT2D eigenvalue weighted by atomic mass is 9.88. The largest absolute Gasteiger partial charge is 0.508 e. The molecule has 2 saturated heterocycles. The first kappa shape index (κ1) is 34.5. The topological polar surface area (TPSA) is 201 Å². The maximum Gasteiger partial charge on any atom is 0.416 e. The number of aliphatic hydroxyl groups is 8. The molecule has 0 unspecified atom stereocenters. The molecule has 1 aromatic heterocycles. The fraction of sp³-hybridized carbons (Fsp3) is 0.517. The summed E-state index contributed by atoms with van der Waals surface area (Å²) in [6.45, 7) is 0.509. The molecule has 2 aliphatic heterocycles. The zero-order valence-electron chi connectivity index (χ0n) is 23.3. The zero-order chi connectivity index (χ0) is 32.5. The predicted molar refractivity (Wildman–Crippen MR) is 150 cm³/mol. The average Bonchev–Trinajstić information content (AvgIpc) is 3.40. The quantitative estimate of drug-likeness (QED) is 0.188. The highest BCUT2D eigenvalue weighted by Crippen LogP contribution is 2.42. The van der Waals surface area contributed by atoms with Gasteiger partial charge in [0.05, 0.1) is 24.9 Å². The molecule has 0 aliphatic carbocycles. The van der Waals surface area contributed by atoms with E-state index in [-0.39, 0.29) is 24.2 Å². The van der Waals surface area contributed by atoms with Crippen LogP contribution >= 0.6 is 11.3 Å². The number of aromatic hydroxyl groups is 1. The Morgan fingerprint density at radius 3 is 1.95 bits per heavy atom. The van der Waals surface area contributed by atoms with Crippen molar-refractivity contribution in [1.82, 2.24) is 0 Å². The lowest BCUT2D eigenvalue weighted by Gasteiger charge is -2.40. The summed E-state index contributed by atoms with van der Waals surface area (Å²) in [5.74, 6) is -0.776. The highest BCUT2D eigenvalue weighted by atomic mass is 32.1. The lowest BCUT2D eigenvalue weighted by molar-refractivity contribution is -0.232. The Bertz CT molecular complexity index is 1360. The Morgan fingerprint density at radius 1 is 0.773 bits per heavy atom. The number of ether oxygens (including phenoxy) is 2. The van der Waals surface area contributed by atoms with Gasteiger partial charge in [0.1, 0.15) is 60.7 Å². The van der Waals surface area contributed by atoms with Gasteiger partial charge in [-0.3, -0.25) is 0 Å². The summed E-state index contributed by atoms with van der Waals surface area (Å²) < 4.78 is 52.5. The van der Waals surface area contributed by atoms with Crippen LogP contribution in [0.15, 0.2) is 42.5 Å². The standard InChI is InChI=1S/C22H21F3O6S.C7H14O5/c23-22(24,25)14-8-15(27)13(21-20(30)19(29)18(28)16(9-26)31-21)7-11(14)6-12-5-10-3-1-2-4-17(10)32-12;1-3-5(9)7(11)6(10)4(2-8)12-3/h1-5,7-8,16,18-21,26-30H,6,9H2;3-11H,2H2,1H3/t16-,18-,19+,20-,21+;3-,4+,5-,6+,7+/m10/s1. The minimum Gasteiger partial charge on any atom is -0.508 e. The van der Waals surface area contributed by atoms with Crippen LogP contribution in [0.1, 0.15) is 34.6 Å². The molecular weight excluding hydrogens is 613 g/mol. The van der Waals surface area contributed by atoms with Crippen LogP contribution in [0.5, 0.6) is 5.75 Å². The maximum atomic E-state index is 13.7. The summed E-state index contributed by atoms with van der Waals surface area (Å²) in [6.07, 6.45) is -17.5. The summed E-state index contributed by atoms with van der Waals surface area (Å²) in [5.41, 5.74) is -1.35. The van der Waals surface area contributed by atoms with Crippen molar-refractivity contribution in [3.63, 3.8) is 0 Å². The van der Waals surface area contributed by atoms with Gasteiger partial charge in [0.25, 0.3) is 0 Å². The third-order valence-corrected chi connectivity index (χ3v) is 8.85. The number of aliphatic hydroxyl groups excluding tert-OH is 8. The SMILES string of the molecule is C[C@@H]1O[C@H](CO)[C@@H](O)[C@H](O)[C@H]1O.OC[C@H]1O[C@@H](c2cc(Cc3cc4ccccc4s3)c(C(F)(F)F)cc2O)[C@H](O)[C@@H](O)[C@@H]1O. The molecule has 15 heteroatoms. The third-order valence-electron chi connectivity index (χ3n) is 7.73. The first-order valence-electron chi connectivity index (χ1n) is 13.7. The molecule has 0 bridgehead atoms. The van der Waals surface area contributed by atoms with E-state index in [2.05, 4.69) is 0 Å². The fourth-order valence-electron chi connectivity index (χ4n) is 5.25. The smallest absolute Gasteiger partial charge is 0.416 e. The second-order valence-electron chi connectivity index (χ2n) is 10.8. The van der Waals surface area contributed by atoms with Crippen molar-refractivity contribution in [1.29, 1.82) is 0 Å².